The monoisotopic (exact) mass is 211 g/mol. The summed E-state index contributed by atoms with van der Waals surface area (Å²) in [5.74, 6) is -0.280. The van der Waals surface area contributed by atoms with Crippen LogP contribution in [-0.4, -0.2) is 39.6 Å². The van der Waals surface area contributed by atoms with Crippen LogP contribution in [0.15, 0.2) is 0 Å². The Labute approximate surface area is 94.6 Å². The Hall–Kier alpha value is -0.505. The molecule has 1 atom stereocenters. The van der Waals surface area contributed by atoms with Gasteiger partial charge in [-0.3, -0.25) is 4.79 Å². The number of carbonyl (C=O) groups is 1. The van der Waals surface area contributed by atoms with Crippen molar-refractivity contribution >= 4 is 14.0 Å². The second-order valence-electron chi connectivity index (χ2n) is 4.22. The second-order valence-corrected chi connectivity index (χ2v) is 4.22. The minimum absolute atomic E-state index is 0.0186. The molecule has 0 aliphatic carbocycles. The zero-order valence-corrected chi connectivity index (χ0v) is 10.2. The lowest BCUT2D eigenvalue weighted by atomic mass is 9.96. The van der Waals surface area contributed by atoms with Gasteiger partial charge < -0.3 is 9.55 Å². The predicted octanol–water partition coefficient (Wildman–Crippen LogP) is 1.76. The Morgan fingerprint density at radius 3 is 2.40 bits per heavy atom. The average Bonchev–Trinajstić information content (AvgIpc) is 2.21. The van der Waals surface area contributed by atoms with E-state index in [4.69, 9.17) is 8.05 Å². The van der Waals surface area contributed by atoms with Crippen molar-refractivity contribution in [2.24, 2.45) is 5.92 Å². The van der Waals surface area contributed by atoms with Crippen LogP contribution in [-0.2, 0) is 9.45 Å². The molecule has 2 radical (unpaired) electrons. The van der Waals surface area contributed by atoms with Crippen molar-refractivity contribution in [1.82, 2.24) is 4.90 Å². The van der Waals surface area contributed by atoms with Gasteiger partial charge in [0.2, 0.25) is 0 Å². The first-order valence-corrected chi connectivity index (χ1v) is 5.67. The van der Waals surface area contributed by atoms with Crippen LogP contribution in [0.5, 0.6) is 0 Å². The first-order chi connectivity index (χ1) is 7.11. The van der Waals surface area contributed by atoms with Gasteiger partial charge in [0.25, 0.3) is 5.97 Å². The van der Waals surface area contributed by atoms with E-state index in [-0.39, 0.29) is 11.9 Å². The molecule has 3 nitrogen and oxygen atoms in total. The summed E-state index contributed by atoms with van der Waals surface area (Å²) in [4.78, 5) is 13.4. The van der Waals surface area contributed by atoms with Gasteiger partial charge in [0.1, 0.15) is 0 Å². The zero-order chi connectivity index (χ0) is 11.7. The first-order valence-electron chi connectivity index (χ1n) is 5.67. The maximum absolute atomic E-state index is 11.3. The Bertz CT molecular complexity index is 174. The van der Waals surface area contributed by atoms with Crippen molar-refractivity contribution in [2.45, 2.75) is 39.0 Å². The molecule has 0 amide bonds. The van der Waals surface area contributed by atoms with Crippen LogP contribution in [0.25, 0.3) is 0 Å². The maximum Gasteiger partial charge on any atom is 0.378 e. The number of nitrogens with zero attached hydrogens (tertiary/aromatic N) is 1. The quantitative estimate of drug-likeness (QED) is 0.573. The largest absolute Gasteiger partial charge is 0.543 e. The standard InChI is InChI=1S/C11H22BNO2/c1-4-5-7-10(11(14)15-12)8-6-9-13(2)3/h10H,4-9H2,1-3H3. The highest BCUT2D eigenvalue weighted by Gasteiger charge is 2.17. The van der Waals surface area contributed by atoms with Gasteiger partial charge in [-0.2, -0.15) is 0 Å². The summed E-state index contributed by atoms with van der Waals surface area (Å²) in [5, 5.41) is 0. The molecule has 1 unspecified atom stereocenters. The SMILES string of the molecule is [B]OC(=O)C(CCCC)CCCN(C)C. The number of hydrogen-bond acceptors (Lipinski definition) is 3. The van der Waals surface area contributed by atoms with Gasteiger partial charge in [-0.1, -0.05) is 19.8 Å². The Morgan fingerprint density at radius 1 is 1.33 bits per heavy atom. The molecule has 0 heterocycles. The molecule has 4 heteroatoms. The normalized spacial score (nSPS) is 12.8. The molecule has 0 saturated heterocycles. The molecule has 0 bridgehead atoms. The number of unbranched alkanes of at least 4 members (excludes halogenated alkanes) is 1. The lowest BCUT2D eigenvalue weighted by molar-refractivity contribution is -0.139. The Balaban J connectivity index is 3.84. The van der Waals surface area contributed by atoms with Crippen molar-refractivity contribution in [1.29, 1.82) is 0 Å². The third kappa shape index (κ3) is 7.43. The summed E-state index contributed by atoms with van der Waals surface area (Å²) < 4.78 is 4.31. The molecule has 0 fully saturated rings. The molecule has 15 heavy (non-hydrogen) atoms. The van der Waals surface area contributed by atoms with Crippen molar-refractivity contribution in [3.63, 3.8) is 0 Å². The molecule has 0 spiro atoms. The topological polar surface area (TPSA) is 29.5 Å². The van der Waals surface area contributed by atoms with Crippen LogP contribution in [0.1, 0.15) is 39.0 Å². The van der Waals surface area contributed by atoms with Crippen molar-refractivity contribution < 1.29 is 9.45 Å². The zero-order valence-electron chi connectivity index (χ0n) is 10.2. The first kappa shape index (κ1) is 14.5. The van der Waals surface area contributed by atoms with Gasteiger partial charge in [-0.05, 0) is 39.9 Å². The number of hydrogen-bond donors (Lipinski definition) is 0. The molecular weight excluding hydrogens is 189 g/mol. The molecular formula is C11H22BNO2. The fourth-order valence-corrected chi connectivity index (χ4v) is 1.58. The van der Waals surface area contributed by atoms with Crippen LogP contribution in [0, 0.1) is 5.92 Å². The molecule has 86 valence electrons. The summed E-state index contributed by atoms with van der Waals surface area (Å²) >= 11 is 0. The third-order valence-corrected chi connectivity index (χ3v) is 2.51. The Morgan fingerprint density at radius 2 is 1.93 bits per heavy atom. The lowest BCUT2D eigenvalue weighted by Gasteiger charge is -2.16. The third-order valence-electron chi connectivity index (χ3n) is 2.51. The van der Waals surface area contributed by atoms with Gasteiger partial charge >= 0.3 is 8.05 Å². The molecule has 0 aliphatic rings. The van der Waals surface area contributed by atoms with Crippen LogP contribution < -0.4 is 0 Å². The van der Waals surface area contributed by atoms with Gasteiger partial charge in [0, 0.05) is 0 Å². The Kier molecular flexibility index (Phi) is 8.48. The highest BCUT2D eigenvalue weighted by atomic mass is 16.5. The number of rotatable bonds is 8. The molecule has 0 aliphatic heterocycles. The summed E-state index contributed by atoms with van der Waals surface area (Å²) in [6, 6.07) is 0. The van der Waals surface area contributed by atoms with E-state index in [0.29, 0.717) is 0 Å². The summed E-state index contributed by atoms with van der Waals surface area (Å²) in [7, 11) is 8.98. The minimum atomic E-state index is -0.262. The van der Waals surface area contributed by atoms with Crippen molar-refractivity contribution in [3.05, 3.63) is 0 Å². The second kappa shape index (κ2) is 8.78. The van der Waals surface area contributed by atoms with E-state index in [1.165, 1.54) is 0 Å². The van der Waals surface area contributed by atoms with Gasteiger partial charge in [0.15, 0.2) is 0 Å². The van der Waals surface area contributed by atoms with Gasteiger partial charge in [-0.25, -0.2) is 0 Å². The molecule has 0 aromatic heterocycles. The molecule has 0 rings (SSSR count). The van der Waals surface area contributed by atoms with E-state index < -0.39 is 0 Å². The molecule has 0 N–H and O–H groups in total. The van der Waals surface area contributed by atoms with E-state index >= 15 is 0 Å². The molecule has 0 aromatic rings. The fourth-order valence-electron chi connectivity index (χ4n) is 1.58. The molecule has 0 saturated carbocycles. The lowest BCUT2D eigenvalue weighted by Crippen LogP contribution is -2.20. The van der Waals surface area contributed by atoms with E-state index in [0.717, 1.165) is 38.6 Å². The van der Waals surface area contributed by atoms with Crippen LogP contribution in [0.3, 0.4) is 0 Å². The minimum Gasteiger partial charge on any atom is -0.543 e. The van der Waals surface area contributed by atoms with Crippen LogP contribution in [0.2, 0.25) is 0 Å². The van der Waals surface area contributed by atoms with E-state index in [1.54, 1.807) is 0 Å². The smallest absolute Gasteiger partial charge is 0.378 e. The summed E-state index contributed by atoms with van der Waals surface area (Å²) in [6.07, 6.45) is 4.93. The maximum atomic E-state index is 11.3. The van der Waals surface area contributed by atoms with Crippen LogP contribution >= 0.6 is 0 Å². The van der Waals surface area contributed by atoms with E-state index in [9.17, 15) is 4.79 Å². The highest BCUT2D eigenvalue weighted by Crippen LogP contribution is 2.16. The van der Waals surface area contributed by atoms with E-state index in [1.807, 2.05) is 14.1 Å². The molecule has 0 aromatic carbocycles. The average molecular weight is 211 g/mol. The predicted molar refractivity (Wildman–Crippen MR) is 62.6 cm³/mol. The van der Waals surface area contributed by atoms with Crippen LogP contribution in [0.4, 0.5) is 0 Å². The van der Waals surface area contributed by atoms with Gasteiger partial charge in [0.05, 0.1) is 5.92 Å². The fraction of sp³-hybridized carbons (Fsp3) is 0.909. The van der Waals surface area contributed by atoms with Crippen molar-refractivity contribution in [2.75, 3.05) is 20.6 Å². The van der Waals surface area contributed by atoms with Gasteiger partial charge in [-0.15, -0.1) is 0 Å². The highest BCUT2D eigenvalue weighted by molar-refractivity contribution is 6.05. The summed E-state index contributed by atoms with van der Waals surface area (Å²) in [6.45, 7) is 3.12. The number of carbonyl (C=O) groups excluding carboxylic acids is 1. The summed E-state index contributed by atoms with van der Waals surface area (Å²) in [5.41, 5.74) is 0. The van der Waals surface area contributed by atoms with Crippen molar-refractivity contribution in [3.8, 4) is 0 Å². The van der Waals surface area contributed by atoms with E-state index in [2.05, 4.69) is 16.5 Å².